The van der Waals surface area contributed by atoms with E-state index in [1.54, 1.807) is 6.07 Å². The molecule has 0 amide bonds. The van der Waals surface area contributed by atoms with Crippen LogP contribution in [-0.4, -0.2) is 6.54 Å². The predicted octanol–water partition coefficient (Wildman–Crippen LogP) is 4.92. The molecular formula is C17H19ClFNS. The van der Waals surface area contributed by atoms with E-state index in [-0.39, 0.29) is 16.9 Å². The highest BCUT2D eigenvalue weighted by atomic mass is 35.5. The van der Waals surface area contributed by atoms with Gasteiger partial charge >= 0.3 is 0 Å². The average Bonchev–Trinajstić information content (AvgIpc) is 3.04. The lowest BCUT2D eigenvalue weighted by molar-refractivity contribution is 0.534. The van der Waals surface area contributed by atoms with Gasteiger partial charge in [0.05, 0.1) is 5.02 Å². The summed E-state index contributed by atoms with van der Waals surface area (Å²) in [5.41, 5.74) is 2.17. The summed E-state index contributed by atoms with van der Waals surface area (Å²) in [5.74, 6) is -0.286. The van der Waals surface area contributed by atoms with E-state index in [2.05, 4.69) is 18.3 Å². The van der Waals surface area contributed by atoms with Gasteiger partial charge in [0.25, 0.3) is 0 Å². The first-order chi connectivity index (χ1) is 10.2. The molecule has 0 fully saturated rings. The van der Waals surface area contributed by atoms with Gasteiger partial charge in [0.15, 0.2) is 0 Å². The van der Waals surface area contributed by atoms with E-state index in [4.69, 9.17) is 11.6 Å². The SMILES string of the molecule is CCNC(Cc1cccc(Cl)c1F)c1cc2c(s1)CCC2. The second kappa shape index (κ2) is 6.47. The molecule has 21 heavy (non-hydrogen) atoms. The lowest BCUT2D eigenvalue weighted by atomic mass is 10.0. The van der Waals surface area contributed by atoms with Crippen molar-refractivity contribution in [3.63, 3.8) is 0 Å². The van der Waals surface area contributed by atoms with Gasteiger partial charge in [-0.3, -0.25) is 0 Å². The zero-order valence-corrected chi connectivity index (χ0v) is 13.7. The number of rotatable bonds is 5. The molecule has 1 nitrogen and oxygen atoms in total. The summed E-state index contributed by atoms with van der Waals surface area (Å²) < 4.78 is 14.1. The average molecular weight is 324 g/mol. The van der Waals surface area contributed by atoms with Crippen molar-refractivity contribution in [2.45, 2.75) is 38.6 Å². The van der Waals surface area contributed by atoms with Gasteiger partial charge in [-0.1, -0.05) is 30.7 Å². The maximum absolute atomic E-state index is 14.1. The summed E-state index contributed by atoms with van der Waals surface area (Å²) >= 11 is 7.77. The summed E-state index contributed by atoms with van der Waals surface area (Å²) in [6.07, 6.45) is 4.30. The fraction of sp³-hybridized carbons (Fsp3) is 0.412. The fourth-order valence-electron chi connectivity index (χ4n) is 2.97. The van der Waals surface area contributed by atoms with Crippen molar-refractivity contribution in [3.8, 4) is 0 Å². The van der Waals surface area contributed by atoms with E-state index in [9.17, 15) is 4.39 Å². The molecule has 1 aliphatic carbocycles. The number of aryl methyl sites for hydroxylation is 2. The van der Waals surface area contributed by atoms with Crippen molar-refractivity contribution >= 4 is 22.9 Å². The fourth-order valence-corrected chi connectivity index (χ4v) is 4.50. The lowest BCUT2D eigenvalue weighted by Gasteiger charge is -2.17. The summed E-state index contributed by atoms with van der Waals surface area (Å²) in [6.45, 7) is 2.96. The molecule has 1 atom stereocenters. The first-order valence-corrected chi connectivity index (χ1v) is 8.66. The highest BCUT2D eigenvalue weighted by Gasteiger charge is 2.21. The van der Waals surface area contributed by atoms with Crippen molar-refractivity contribution in [2.75, 3.05) is 6.54 Å². The van der Waals surface area contributed by atoms with Crippen LogP contribution in [0.5, 0.6) is 0 Å². The number of hydrogen-bond acceptors (Lipinski definition) is 2. The van der Waals surface area contributed by atoms with Crippen molar-refractivity contribution in [1.29, 1.82) is 0 Å². The normalized spacial score (nSPS) is 15.2. The predicted molar refractivity (Wildman–Crippen MR) is 87.9 cm³/mol. The van der Waals surface area contributed by atoms with E-state index >= 15 is 0 Å². The zero-order chi connectivity index (χ0) is 14.8. The molecule has 0 saturated carbocycles. The van der Waals surface area contributed by atoms with Crippen molar-refractivity contribution in [1.82, 2.24) is 5.32 Å². The Kier molecular flexibility index (Phi) is 4.63. The summed E-state index contributed by atoms with van der Waals surface area (Å²) in [5, 5.41) is 3.69. The van der Waals surface area contributed by atoms with E-state index in [1.165, 1.54) is 34.6 Å². The first kappa shape index (κ1) is 15.0. The molecule has 0 aliphatic heterocycles. The third kappa shape index (κ3) is 3.15. The number of halogens is 2. The molecule has 112 valence electrons. The van der Waals surface area contributed by atoms with E-state index in [1.807, 2.05) is 23.5 Å². The molecule has 2 aromatic rings. The largest absolute Gasteiger partial charge is 0.309 e. The van der Waals surface area contributed by atoms with E-state index in [0.717, 1.165) is 6.54 Å². The maximum atomic E-state index is 14.1. The smallest absolute Gasteiger partial charge is 0.145 e. The van der Waals surface area contributed by atoms with Crippen molar-refractivity contribution < 1.29 is 4.39 Å². The molecule has 1 aliphatic rings. The lowest BCUT2D eigenvalue weighted by Crippen LogP contribution is -2.22. The standard InChI is InChI=1S/C17H19ClFNS/c1-2-20-14(9-12-6-3-7-13(18)17(12)19)16-10-11-5-4-8-15(11)21-16/h3,6-7,10,14,20H,2,4-5,8-9H2,1H3. The highest BCUT2D eigenvalue weighted by Crippen LogP contribution is 2.35. The first-order valence-electron chi connectivity index (χ1n) is 7.46. The maximum Gasteiger partial charge on any atom is 0.145 e. The van der Waals surface area contributed by atoms with Gasteiger partial charge in [-0.2, -0.15) is 0 Å². The highest BCUT2D eigenvalue weighted by molar-refractivity contribution is 7.12. The Morgan fingerprint density at radius 3 is 3.00 bits per heavy atom. The number of benzene rings is 1. The van der Waals surface area contributed by atoms with Crippen LogP contribution < -0.4 is 5.32 Å². The number of fused-ring (bicyclic) bond motifs is 1. The second-order valence-corrected chi connectivity index (χ2v) is 7.05. The minimum atomic E-state index is -0.286. The number of hydrogen-bond donors (Lipinski definition) is 1. The van der Waals surface area contributed by atoms with Gasteiger partial charge in [-0.05, 0) is 55.5 Å². The Bertz CT molecular complexity index is 616. The Hall–Kier alpha value is -0.900. The Balaban J connectivity index is 1.85. The van der Waals surface area contributed by atoms with Crippen molar-refractivity contribution in [3.05, 3.63) is 56.0 Å². The van der Waals surface area contributed by atoms with Crippen molar-refractivity contribution in [2.24, 2.45) is 0 Å². The topological polar surface area (TPSA) is 12.0 Å². The van der Waals surface area contributed by atoms with Crippen LogP contribution in [-0.2, 0) is 19.3 Å². The van der Waals surface area contributed by atoms with Gasteiger partial charge in [-0.25, -0.2) is 4.39 Å². The second-order valence-electron chi connectivity index (χ2n) is 5.48. The summed E-state index contributed by atoms with van der Waals surface area (Å²) in [6, 6.07) is 7.72. The number of thiophene rings is 1. The molecule has 3 rings (SSSR count). The summed E-state index contributed by atoms with van der Waals surface area (Å²) in [7, 11) is 0. The number of likely N-dealkylation sites (N-methyl/N-ethyl adjacent to an activating group) is 1. The molecule has 4 heteroatoms. The molecule has 1 aromatic carbocycles. The van der Waals surface area contributed by atoms with Gasteiger partial charge in [0.1, 0.15) is 5.82 Å². The van der Waals surface area contributed by atoms with Gasteiger partial charge in [0.2, 0.25) is 0 Å². The van der Waals surface area contributed by atoms with Crippen LogP contribution >= 0.6 is 22.9 Å². The molecule has 0 saturated heterocycles. The quantitative estimate of drug-likeness (QED) is 0.823. The third-order valence-corrected chi connectivity index (χ3v) is 5.66. The van der Waals surface area contributed by atoms with Crippen LogP contribution in [0.25, 0.3) is 0 Å². The van der Waals surface area contributed by atoms with Crippen LogP contribution in [0, 0.1) is 5.82 Å². The Morgan fingerprint density at radius 2 is 2.24 bits per heavy atom. The molecule has 1 aromatic heterocycles. The van der Waals surface area contributed by atoms with Crippen LogP contribution in [0.2, 0.25) is 5.02 Å². The minimum Gasteiger partial charge on any atom is -0.309 e. The van der Waals surface area contributed by atoms with E-state index < -0.39 is 0 Å². The Labute approximate surface area is 134 Å². The van der Waals surface area contributed by atoms with Gasteiger partial charge < -0.3 is 5.32 Å². The van der Waals surface area contributed by atoms with E-state index in [0.29, 0.717) is 12.0 Å². The molecule has 1 unspecified atom stereocenters. The van der Waals surface area contributed by atoms with Crippen LogP contribution in [0.1, 0.15) is 40.3 Å². The third-order valence-electron chi connectivity index (χ3n) is 4.02. The molecule has 1 heterocycles. The molecule has 0 bridgehead atoms. The Morgan fingerprint density at radius 1 is 1.38 bits per heavy atom. The minimum absolute atomic E-state index is 0.165. The van der Waals surface area contributed by atoms with Crippen LogP contribution in [0.4, 0.5) is 4.39 Å². The summed E-state index contributed by atoms with van der Waals surface area (Å²) in [4.78, 5) is 2.83. The molecule has 0 radical (unpaired) electrons. The van der Waals surface area contributed by atoms with Crippen LogP contribution in [0.15, 0.2) is 24.3 Å². The van der Waals surface area contributed by atoms with Gasteiger partial charge in [0, 0.05) is 15.8 Å². The monoisotopic (exact) mass is 323 g/mol. The van der Waals surface area contributed by atoms with Crippen LogP contribution in [0.3, 0.4) is 0 Å². The molecule has 1 N–H and O–H groups in total. The number of nitrogens with one attached hydrogen (secondary N) is 1. The molecule has 0 spiro atoms. The van der Waals surface area contributed by atoms with Gasteiger partial charge in [-0.15, -0.1) is 11.3 Å². The molecular weight excluding hydrogens is 305 g/mol. The zero-order valence-electron chi connectivity index (χ0n) is 12.1.